The molecule has 18 heavy (non-hydrogen) atoms. The molecule has 106 valence electrons. The summed E-state index contributed by atoms with van der Waals surface area (Å²) in [6.45, 7) is 6.34. The Bertz CT molecular complexity index is 243. The van der Waals surface area contributed by atoms with Crippen LogP contribution in [0.1, 0.15) is 58.8 Å². The van der Waals surface area contributed by atoms with Crippen LogP contribution >= 0.6 is 0 Å². The van der Waals surface area contributed by atoms with Gasteiger partial charge < -0.3 is 10.2 Å². The third-order valence-electron chi connectivity index (χ3n) is 4.14. The first kappa shape index (κ1) is 15.5. The first-order chi connectivity index (χ1) is 8.72. The fraction of sp³-hybridized carbons (Fsp3) is 0.933. The molecule has 0 saturated carbocycles. The van der Waals surface area contributed by atoms with Gasteiger partial charge in [-0.2, -0.15) is 0 Å². The van der Waals surface area contributed by atoms with Crippen LogP contribution in [0.5, 0.6) is 0 Å². The van der Waals surface area contributed by atoms with Crippen molar-refractivity contribution in [1.29, 1.82) is 0 Å². The normalized spacial score (nSPS) is 21.3. The number of rotatable bonds is 8. The van der Waals surface area contributed by atoms with Crippen LogP contribution < -0.4 is 5.32 Å². The molecule has 1 heterocycles. The third-order valence-corrected chi connectivity index (χ3v) is 4.14. The van der Waals surface area contributed by atoms with Crippen molar-refractivity contribution in [3.8, 4) is 0 Å². The number of nitrogens with one attached hydrogen (secondary N) is 1. The van der Waals surface area contributed by atoms with Gasteiger partial charge in [-0.05, 0) is 32.2 Å². The zero-order chi connectivity index (χ0) is 13.4. The number of carbonyl (C=O) groups excluding carboxylic acids is 1. The summed E-state index contributed by atoms with van der Waals surface area (Å²) >= 11 is 0. The van der Waals surface area contributed by atoms with Crippen molar-refractivity contribution in [1.82, 2.24) is 10.2 Å². The Morgan fingerprint density at radius 3 is 2.83 bits per heavy atom. The fourth-order valence-electron chi connectivity index (χ4n) is 2.92. The average molecular weight is 254 g/mol. The largest absolute Gasteiger partial charge is 0.338 e. The Morgan fingerprint density at radius 1 is 1.44 bits per heavy atom. The zero-order valence-electron chi connectivity index (χ0n) is 12.4. The summed E-state index contributed by atoms with van der Waals surface area (Å²) in [5.74, 6) is 0.976. The Kier molecular flexibility index (Phi) is 7.33. The summed E-state index contributed by atoms with van der Waals surface area (Å²) in [6, 6.07) is 0.436. The molecule has 1 aliphatic rings. The van der Waals surface area contributed by atoms with Crippen LogP contribution in [-0.4, -0.2) is 37.0 Å². The van der Waals surface area contributed by atoms with Gasteiger partial charge in [0.2, 0.25) is 5.91 Å². The first-order valence-corrected chi connectivity index (χ1v) is 7.66. The predicted molar refractivity (Wildman–Crippen MR) is 76.6 cm³/mol. The van der Waals surface area contributed by atoms with E-state index in [1.165, 1.54) is 32.1 Å². The van der Waals surface area contributed by atoms with Crippen LogP contribution in [0.2, 0.25) is 0 Å². The second-order valence-electron chi connectivity index (χ2n) is 5.56. The highest BCUT2D eigenvalue weighted by Gasteiger charge is 2.28. The lowest BCUT2D eigenvalue weighted by molar-refractivity contribution is -0.133. The van der Waals surface area contributed by atoms with Crippen molar-refractivity contribution < 1.29 is 4.79 Å². The van der Waals surface area contributed by atoms with Crippen LogP contribution in [0, 0.1) is 5.92 Å². The minimum atomic E-state index is 0.385. The molecule has 1 saturated heterocycles. The van der Waals surface area contributed by atoms with Gasteiger partial charge in [0.1, 0.15) is 0 Å². The van der Waals surface area contributed by atoms with Crippen molar-refractivity contribution in [2.75, 3.05) is 20.1 Å². The molecule has 3 nitrogen and oxygen atoms in total. The molecular weight excluding hydrogens is 224 g/mol. The van der Waals surface area contributed by atoms with Gasteiger partial charge in [-0.1, -0.05) is 33.1 Å². The summed E-state index contributed by atoms with van der Waals surface area (Å²) in [6.07, 6.45) is 7.93. The lowest BCUT2D eigenvalue weighted by atomic mass is 9.95. The first-order valence-electron chi connectivity index (χ1n) is 7.66. The summed E-state index contributed by atoms with van der Waals surface area (Å²) in [7, 11) is 1.97. The third kappa shape index (κ3) is 4.60. The second-order valence-corrected chi connectivity index (χ2v) is 5.56. The van der Waals surface area contributed by atoms with Crippen molar-refractivity contribution in [2.24, 2.45) is 5.92 Å². The van der Waals surface area contributed by atoms with Gasteiger partial charge in [-0.25, -0.2) is 0 Å². The molecule has 2 unspecified atom stereocenters. The molecule has 1 N–H and O–H groups in total. The number of likely N-dealkylation sites (N-methyl/N-ethyl adjacent to an activating group) is 1. The van der Waals surface area contributed by atoms with Crippen LogP contribution in [0.25, 0.3) is 0 Å². The van der Waals surface area contributed by atoms with E-state index in [1.54, 1.807) is 0 Å². The van der Waals surface area contributed by atoms with Crippen LogP contribution in [0.4, 0.5) is 0 Å². The van der Waals surface area contributed by atoms with Gasteiger partial charge in [0, 0.05) is 25.6 Å². The maximum atomic E-state index is 12.4. The smallest absolute Gasteiger partial charge is 0.223 e. The highest BCUT2D eigenvalue weighted by atomic mass is 16.2. The van der Waals surface area contributed by atoms with Crippen LogP contribution in [0.15, 0.2) is 0 Å². The number of carbonyl (C=O) groups is 1. The van der Waals surface area contributed by atoms with E-state index in [-0.39, 0.29) is 0 Å². The highest BCUT2D eigenvalue weighted by Crippen LogP contribution is 2.22. The standard InChI is InChI=1S/C15H30N2O/c1-4-6-8-13(5-2)11-15(18)17-10-7-9-14(17)12-16-3/h13-14,16H,4-12H2,1-3H3. The second kappa shape index (κ2) is 8.52. The maximum absolute atomic E-state index is 12.4. The number of hydrogen-bond donors (Lipinski definition) is 1. The van der Waals surface area contributed by atoms with Gasteiger partial charge in [0.15, 0.2) is 0 Å². The number of amides is 1. The summed E-state index contributed by atoms with van der Waals surface area (Å²) in [4.78, 5) is 14.5. The van der Waals surface area contributed by atoms with E-state index in [2.05, 4.69) is 24.1 Å². The molecule has 0 aromatic carbocycles. The lowest BCUT2D eigenvalue weighted by Crippen LogP contribution is -2.41. The van der Waals surface area contributed by atoms with Gasteiger partial charge >= 0.3 is 0 Å². The summed E-state index contributed by atoms with van der Waals surface area (Å²) in [5, 5.41) is 3.20. The summed E-state index contributed by atoms with van der Waals surface area (Å²) < 4.78 is 0. The Labute approximate surface area is 112 Å². The highest BCUT2D eigenvalue weighted by molar-refractivity contribution is 5.77. The molecule has 3 heteroatoms. The van der Waals surface area contributed by atoms with E-state index in [0.29, 0.717) is 17.9 Å². The molecule has 1 rings (SSSR count). The topological polar surface area (TPSA) is 32.3 Å². The molecule has 0 aromatic heterocycles. The van der Waals surface area contributed by atoms with E-state index >= 15 is 0 Å². The molecule has 0 aromatic rings. The van der Waals surface area contributed by atoms with Crippen LogP contribution in [0.3, 0.4) is 0 Å². The quantitative estimate of drug-likeness (QED) is 0.722. The maximum Gasteiger partial charge on any atom is 0.223 e. The minimum absolute atomic E-state index is 0.385. The molecule has 2 atom stereocenters. The van der Waals surface area contributed by atoms with E-state index in [9.17, 15) is 4.79 Å². The Hall–Kier alpha value is -0.570. The fourth-order valence-corrected chi connectivity index (χ4v) is 2.92. The van der Waals surface area contributed by atoms with E-state index in [0.717, 1.165) is 25.9 Å². The molecular formula is C15H30N2O. The Balaban J connectivity index is 2.42. The number of unbranched alkanes of at least 4 members (excludes halogenated alkanes) is 1. The minimum Gasteiger partial charge on any atom is -0.338 e. The van der Waals surface area contributed by atoms with E-state index in [1.807, 2.05) is 7.05 Å². The predicted octanol–water partition coefficient (Wildman–Crippen LogP) is 2.80. The monoisotopic (exact) mass is 254 g/mol. The SMILES string of the molecule is CCCCC(CC)CC(=O)N1CCCC1CNC. The van der Waals surface area contributed by atoms with E-state index in [4.69, 9.17) is 0 Å². The van der Waals surface area contributed by atoms with Crippen molar-refractivity contribution in [3.63, 3.8) is 0 Å². The molecule has 0 bridgehead atoms. The zero-order valence-corrected chi connectivity index (χ0v) is 12.4. The Morgan fingerprint density at radius 2 is 2.22 bits per heavy atom. The van der Waals surface area contributed by atoms with Crippen molar-refractivity contribution in [2.45, 2.75) is 64.8 Å². The summed E-state index contributed by atoms with van der Waals surface area (Å²) in [5.41, 5.74) is 0. The molecule has 0 spiro atoms. The van der Waals surface area contributed by atoms with Crippen LogP contribution in [-0.2, 0) is 4.79 Å². The van der Waals surface area contributed by atoms with E-state index < -0.39 is 0 Å². The lowest BCUT2D eigenvalue weighted by Gasteiger charge is -2.26. The van der Waals surface area contributed by atoms with Crippen molar-refractivity contribution >= 4 is 5.91 Å². The average Bonchev–Trinajstić information content (AvgIpc) is 2.83. The molecule has 1 fully saturated rings. The van der Waals surface area contributed by atoms with Crippen molar-refractivity contribution in [3.05, 3.63) is 0 Å². The van der Waals surface area contributed by atoms with Gasteiger partial charge in [-0.15, -0.1) is 0 Å². The van der Waals surface area contributed by atoms with Gasteiger partial charge in [0.25, 0.3) is 0 Å². The number of nitrogens with zero attached hydrogens (tertiary/aromatic N) is 1. The molecule has 1 aliphatic heterocycles. The number of hydrogen-bond acceptors (Lipinski definition) is 2. The molecule has 0 radical (unpaired) electrons. The van der Waals surface area contributed by atoms with Gasteiger partial charge in [-0.3, -0.25) is 4.79 Å². The number of likely N-dealkylation sites (tertiary alicyclic amines) is 1. The molecule has 0 aliphatic carbocycles. The molecule has 1 amide bonds. The van der Waals surface area contributed by atoms with Gasteiger partial charge in [0.05, 0.1) is 0 Å².